The summed E-state index contributed by atoms with van der Waals surface area (Å²) in [5.74, 6) is 10.9. The average Bonchev–Trinajstić information content (AvgIpc) is 2.43. The Labute approximate surface area is 123 Å². The van der Waals surface area contributed by atoms with Crippen molar-refractivity contribution in [2.24, 2.45) is 0 Å². The van der Waals surface area contributed by atoms with Gasteiger partial charge in [-0.15, -0.1) is 0 Å². The van der Waals surface area contributed by atoms with Crippen molar-refractivity contribution < 1.29 is 9.90 Å². The van der Waals surface area contributed by atoms with Crippen LogP contribution in [0, 0.1) is 23.7 Å². The second kappa shape index (κ2) is 15.4. The van der Waals surface area contributed by atoms with Crippen molar-refractivity contribution in [3.8, 4) is 23.7 Å². The fourth-order valence-electron chi connectivity index (χ4n) is 1.67. The molecule has 110 valence electrons. The Kier molecular flexibility index (Phi) is 14.1. The summed E-state index contributed by atoms with van der Waals surface area (Å²) >= 11 is 0. The SMILES string of the molecule is CCCCC=CC#CC#CCCCCCCCC(=O)O. The van der Waals surface area contributed by atoms with Crippen LogP contribution in [-0.4, -0.2) is 11.1 Å². The molecule has 0 heterocycles. The standard InChI is InChI=1S/C18H26O2/c1-2-3-4-5-6-7-8-9-10-11-12-13-14-15-16-17-18(19)20/h5-6H,2-4,11-17H2,1H3,(H,19,20). The van der Waals surface area contributed by atoms with Crippen LogP contribution < -0.4 is 0 Å². The molecule has 0 amide bonds. The van der Waals surface area contributed by atoms with Gasteiger partial charge in [0.1, 0.15) is 0 Å². The molecule has 0 unspecified atom stereocenters. The van der Waals surface area contributed by atoms with Crippen LogP contribution in [0.3, 0.4) is 0 Å². The number of hydrogen-bond acceptors (Lipinski definition) is 1. The average molecular weight is 274 g/mol. The number of unbranched alkanes of at least 4 members (excludes halogenated alkanes) is 7. The van der Waals surface area contributed by atoms with Gasteiger partial charge < -0.3 is 5.11 Å². The first-order valence-electron chi connectivity index (χ1n) is 7.62. The van der Waals surface area contributed by atoms with Gasteiger partial charge in [-0.2, -0.15) is 0 Å². The maximum Gasteiger partial charge on any atom is 0.303 e. The van der Waals surface area contributed by atoms with Crippen LogP contribution in [0.25, 0.3) is 0 Å². The minimum absolute atomic E-state index is 0.293. The van der Waals surface area contributed by atoms with E-state index >= 15 is 0 Å². The molecule has 20 heavy (non-hydrogen) atoms. The van der Waals surface area contributed by atoms with Crippen LogP contribution in [0.15, 0.2) is 12.2 Å². The van der Waals surface area contributed by atoms with Gasteiger partial charge in [0.15, 0.2) is 0 Å². The third-order valence-corrected chi connectivity index (χ3v) is 2.84. The molecule has 0 aromatic heterocycles. The van der Waals surface area contributed by atoms with E-state index < -0.39 is 5.97 Å². The minimum Gasteiger partial charge on any atom is -0.481 e. The molecule has 2 heteroatoms. The van der Waals surface area contributed by atoms with Crippen molar-refractivity contribution in [3.63, 3.8) is 0 Å². The number of carboxylic acid groups (broad SMARTS) is 1. The lowest BCUT2D eigenvalue weighted by atomic mass is 10.1. The Bertz CT molecular complexity index is 385. The highest BCUT2D eigenvalue weighted by Crippen LogP contribution is 2.06. The summed E-state index contributed by atoms with van der Waals surface area (Å²) in [5, 5.41) is 8.48. The van der Waals surface area contributed by atoms with Gasteiger partial charge in [0, 0.05) is 12.8 Å². The Morgan fingerprint density at radius 1 is 1.05 bits per heavy atom. The fraction of sp³-hybridized carbons (Fsp3) is 0.611. The highest BCUT2D eigenvalue weighted by atomic mass is 16.4. The van der Waals surface area contributed by atoms with Crippen molar-refractivity contribution in [1.82, 2.24) is 0 Å². The Morgan fingerprint density at radius 2 is 1.80 bits per heavy atom. The molecule has 0 bridgehead atoms. The van der Waals surface area contributed by atoms with E-state index in [0.29, 0.717) is 6.42 Å². The predicted octanol–water partition coefficient (Wildman–Crippen LogP) is 4.55. The Morgan fingerprint density at radius 3 is 2.55 bits per heavy atom. The topological polar surface area (TPSA) is 37.3 Å². The molecule has 0 saturated carbocycles. The first-order valence-corrected chi connectivity index (χ1v) is 7.62. The highest BCUT2D eigenvalue weighted by Gasteiger charge is 1.95. The smallest absolute Gasteiger partial charge is 0.303 e. The van der Waals surface area contributed by atoms with Gasteiger partial charge in [-0.3, -0.25) is 4.79 Å². The molecule has 0 aliphatic rings. The highest BCUT2D eigenvalue weighted by molar-refractivity contribution is 5.66. The molecule has 0 aliphatic carbocycles. The molecule has 0 spiro atoms. The zero-order chi connectivity index (χ0) is 14.9. The number of hydrogen-bond donors (Lipinski definition) is 1. The first-order chi connectivity index (χ1) is 9.77. The maximum absolute atomic E-state index is 10.3. The van der Waals surface area contributed by atoms with Gasteiger partial charge in [-0.05, 0) is 37.2 Å². The second-order valence-electron chi connectivity index (χ2n) is 4.78. The van der Waals surface area contributed by atoms with Crippen molar-refractivity contribution in [1.29, 1.82) is 0 Å². The quantitative estimate of drug-likeness (QED) is 0.468. The number of allylic oxidation sites excluding steroid dienone is 2. The molecule has 0 radical (unpaired) electrons. The predicted molar refractivity (Wildman–Crippen MR) is 84.2 cm³/mol. The van der Waals surface area contributed by atoms with E-state index in [1.54, 1.807) is 0 Å². The van der Waals surface area contributed by atoms with Crippen LogP contribution in [-0.2, 0) is 4.79 Å². The van der Waals surface area contributed by atoms with Crippen LogP contribution >= 0.6 is 0 Å². The number of aliphatic carboxylic acids is 1. The summed E-state index contributed by atoms with van der Waals surface area (Å²) in [6, 6.07) is 0. The third kappa shape index (κ3) is 16.3. The minimum atomic E-state index is -0.696. The summed E-state index contributed by atoms with van der Waals surface area (Å²) in [5.41, 5.74) is 0. The largest absolute Gasteiger partial charge is 0.481 e. The van der Waals surface area contributed by atoms with Gasteiger partial charge >= 0.3 is 5.97 Å². The number of rotatable bonds is 10. The summed E-state index contributed by atoms with van der Waals surface area (Å²) in [6.07, 6.45) is 13.8. The zero-order valence-corrected chi connectivity index (χ0v) is 12.6. The van der Waals surface area contributed by atoms with E-state index in [9.17, 15) is 4.79 Å². The summed E-state index contributed by atoms with van der Waals surface area (Å²) in [7, 11) is 0. The second-order valence-corrected chi connectivity index (χ2v) is 4.78. The van der Waals surface area contributed by atoms with E-state index in [1.807, 2.05) is 6.08 Å². The van der Waals surface area contributed by atoms with E-state index in [0.717, 1.165) is 44.9 Å². The van der Waals surface area contributed by atoms with Crippen molar-refractivity contribution in [2.45, 2.75) is 71.1 Å². The summed E-state index contributed by atoms with van der Waals surface area (Å²) in [6.45, 7) is 2.18. The lowest BCUT2D eigenvalue weighted by Crippen LogP contribution is -1.93. The summed E-state index contributed by atoms with van der Waals surface area (Å²) in [4.78, 5) is 10.3. The van der Waals surface area contributed by atoms with Crippen molar-refractivity contribution in [2.75, 3.05) is 0 Å². The molecule has 0 atom stereocenters. The molecule has 0 rings (SSSR count). The van der Waals surface area contributed by atoms with E-state index in [1.165, 1.54) is 12.8 Å². The zero-order valence-electron chi connectivity index (χ0n) is 12.6. The number of carboxylic acids is 1. The van der Waals surface area contributed by atoms with Crippen LogP contribution in [0.2, 0.25) is 0 Å². The van der Waals surface area contributed by atoms with E-state index in [4.69, 9.17) is 5.11 Å². The van der Waals surface area contributed by atoms with E-state index in [2.05, 4.69) is 36.7 Å². The van der Waals surface area contributed by atoms with Gasteiger partial charge in [0.25, 0.3) is 0 Å². The molecule has 2 nitrogen and oxygen atoms in total. The fourth-order valence-corrected chi connectivity index (χ4v) is 1.67. The van der Waals surface area contributed by atoms with Gasteiger partial charge in [-0.1, -0.05) is 56.9 Å². The molecular weight excluding hydrogens is 248 g/mol. The Balaban J connectivity index is 3.39. The lowest BCUT2D eigenvalue weighted by molar-refractivity contribution is -0.137. The number of carbonyl (C=O) groups is 1. The molecule has 1 N–H and O–H groups in total. The van der Waals surface area contributed by atoms with Crippen molar-refractivity contribution >= 4 is 5.97 Å². The van der Waals surface area contributed by atoms with E-state index in [-0.39, 0.29) is 0 Å². The van der Waals surface area contributed by atoms with Gasteiger partial charge in [0.2, 0.25) is 0 Å². The molecule has 0 aromatic rings. The monoisotopic (exact) mass is 274 g/mol. The van der Waals surface area contributed by atoms with Gasteiger partial charge in [0.05, 0.1) is 0 Å². The third-order valence-electron chi connectivity index (χ3n) is 2.84. The van der Waals surface area contributed by atoms with Crippen LogP contribution in [0.4, 0.5) is 0 Å². The molecule has 0 fully saturated rings. The summed E-state index contributed by atoms with van der Waals surface area (Å²) < 4.78 is 0. The van der Waals surface area contributed by atoms with Gasteiger partial charge in [-0.25, -0.2) is 0 Å². The molecular formula is C18H26O2. The molecule has 0 saturated heterocycles. The maximum atomic E-state index is 10.3. The van der Waals surface area contributed by atoms with Crippen LogP contribution in [0.5, 0.6) is 0 Å². The van der Waals surface area contributed by atoms with Crippen LogP contribution in [0.1, 0.15) is 71.1 Å². The molecule has 0 aromatic carbocycles. The Hall–Kier alpha value is -1.67. The molecule has 0 aliphatic heterocycles. The first kappa shape index (κ1) is 18.3. The van der Waals surface area contributed by atoms with Crippen molar-refractivity contribution in [3.05, 3.63) is 12.2 Å². The normalized spacial score (nSPS) is 9.65. The lowest BCUT2D eigenvalue weighted by Gasteiger charge is -1.96.